The number of para-hydroxylation sites is 1. The molecule has 6 nitrogen and oxygen atoms in total. The third-order valence-corrected chi connectivity index (χ3v) is 5.14. The molecule has 0 aliphatic carbocycles. The van der Waals surface area contributed by atoms with E-state index in [1.807, 2.05) is 55.6 Å². The van der Waals surface area contributed by atoms with Gasteiger partial charge in [0.2, 0.25) is 5.95 Å². The molecule has 1 amide bonds. The van der Waals surface area contributed by atoms with Gasteiger partial charge in [-0.15, -0.1) is 0 Å². The molecule has 0 aliphatic rings. The standard InChI is InChI=1S/C24H25N5O/c1-2-29(17-18-8-4-3-5-9-18)23(30)20-15-27-24(28-16-20)25-13-12-19-14-26-22-11-7-6-10-21(19)22/h3-11,14-16,26H,2,12-13,17H2,1H3,(H,25,27,28). The van der Waals surface area contributed by atoms with Crippen molar-refractivity contribution in [1.82, 2.24) is 19.9 Å². The van der Waals surface area contributed by atoms with Gasteiger partial charge in [0.25, 0.3) is 5.91 Å². The minimum atomic E-state index is -0.0632. The molecule has 6 heteroatoms. The molecule has 0 bridgehead atoms. The highest BCUT2D eigenvalue weighted by molar-refractivity contribution is 5.93. The molecule has 2 N–H and O–H groups in total. The summed E-state index contributed by atoms with van der Waals surface area (Å²) in [5.74, 6) is 0.462. The number of fused-ring (bicyclic) bond motifs is 1. The van der Waals surface area contributed by atoms with E-state index in [4.69, 9.17) is 0 Å². The second-order valence-electron chi connectivity index (χ2n) is 7.14. The Bertz CT molecular complexity index is 1110. The molecule has 152 valence electrons. The highest BCUT2D eigenvalue weighted by Gasteiger charge is 2.15. The number of H-pyrrole nitrogens is 1. The van der Waals surface area contributed by atoms with Crippen LogP contribution < -0.4 is 5.32 Å². The Balaban J connectivity index is 1.34. The Morgan fingerprint density at radius 2 is 1.77 bits per heavy atom. The van der Waals surface area contributed by atoms with Gasteiger partial charge in [-0.3, -0.25) is 4.79 Å². The van der Waals surface area contributed by atoms with Crippen molar-refractivity contribution in [1.29, 1.82) is 0 Å². The van der Waals surface area contributed by atoms with Crippen LogP contribution in [0.15, 0.2) is 73.2 Å². The quantitative estimate of drug-likeness (QED) is 0.464. The smallest absolute Gasteiger partial charge is 0.257 e. The van der Waals surface area contributed by atoms with E-state index in [-0.39, 0.29) is 5.91 Å². The Morgan fingerprint density at radius 1 is 1.03 bits per heavy atom. The molecule has 4 aromatic rings. The third-order valence-electron chi connectivity index (χ3n) is 5.14. The molecule has 0 radical (unpaired) electrons. The van der Waals surface area contributed by atoms with Gasteiger partial charge in [-0.25, -0.2) is 9.97 Å². The van der Waals surface area contributed by atoms with Crippen LogP contribution in [0.1, 0.15) is 28.4 Å². The van der Waals surface area contributed by atoms with Crippen LogP contribution in [0.2, 0.25) is 0 Å². The van der Waals surface area contributed by atoms with Gasteiger partial charge >= 0.3 is 0 Å². The topological polar surface area (TPSA) is 73.9 Å². The Labute approximate surface area is 176 Å². The average Bonchev–Trinajstić information content (AvgIpc) is 3.21. The molecule has 2 aromatic carbocycles. The number of anilines is 1. The fourth-order valence-corrected chi connectivity index (χ4v) is 3.49. The summed E-state index contributed by atoms with van der Waals surface area (Å²) in [6.07, 6.45) is 6.09. The number of aromatic amines is 1. The van der Waals surface area contributed by atoms with Crippen LogP contribution in [0.4, 0.5) is 5.95 Å². The van der Waals surface area contributed by atoms with Gasteiger partial charge in [0.05, 0.1) is 5.56 Å². The summed E-state index contributed by atoms with van der Waals surface area (Å²) in [5.41, 5.74) is 3.99. The lowest BCUT2D eigenvalue weighted by molar-refractivity contribution is 0.0751. The van der Waals surface area contributed by atoms with E-state index >= 15 is 0 Å². The molecule has 0 spiro atoms. The monoisotopic (exact) mass is 399 g/mol. The van der Waals surface area contributed by atoms with Crippen molar-refractivity contribution in [3.05, 3.63) is 89.9 Å². The molecule has 2 aromatic heterocycles. The summed E-state index contributed by atoms with van der Waals surface area (Å²) >= 11 is 0. The van der Waals surface area contributed by atoms with Gasteiger partial charge in [0.1, 0.15) is 0 Å². The summed E-state index contributed by atoms with van der Waals surface area (Å²) in [7, 11) is 0. The highest BCUT2D eigenvalue weighted by atomic mass is 16.2. The molecule has 30 heavy (non-hydrogen) atoms. The van der Waals surface area contributed by atoms with E-state index in [1.165, 1.54) is 10.9 Å². The largest absolute Gasteiger partial charge is 0.361 e. The lowest BCUT2D eigenvalue weighted by Gasteiger charge is -2.20. The van der Waals surface area contributed by atoms with Crippen LogP contribution in [-0.2, 0) is 13.0 Å². The molecule has 0 saturated heterocycles. The maximum Gasteiger partial charge on any atom is 0.257 e. The summed E-state index contributed by atoms with van der Waals surface area (Å²) in [6.45, 7) is 3.88. The fraction of sp³-hybridized carbons (Fsp3) is 0.208. The summed E-state index contributed by atoms with van der Waals surface area (Å²) in [6, 6.07) is 18.2. The fourth-order valence-electron chi connectivity index (χ4n) is 3.49. The number of nitrogens with zero attached hydrogens (tertiary/aromatic N) is 3. The number of aromatic nitrogens is 3. The van der Waals surface area contributed by atoms with Crippen molar-refractivity contribution < 1.29 is 4.79 Å². The first-order chi connectivity index (χ1) is 14.7. The van der Waals surface area contributed by atoms with Crippen LogP contribution in [0.5, 0.6) is 0 Å². The lowest BCUT2D eigenvalue weighted by atomic mass is 10.1. The maximum atomic E-state index is 12.8. The number of nitrogens with one attached hydrogen (secondary N) is 2. The van der Waals surface area contributed by atoms with E-state index in [0.29, 0.717) is 31.1 Å². The van der Waals surface area contributed by atoms with E-state index in [9.17, 15) is 4.79 Å². The highest BCUT2D eigenvalue weighted by Crippen LogP contribution is 2.18. The molecule has 0 atom stereocenters. The van der Waals surface area contributed by atoms with Crippen LogP contribution in [0, 0.1) is 0 Å². The summed E-state index contributed by atoms with van der Waals surface area (Å²) < 4.78 is 0. The first-order valence-corrected chi connectivity index (χ1v) is 10.2. The van der Waals surface area contributed by atoms with Crippen LogP contribution >= 0.6 is 0 Å². The average molecular weight is 399 g/mol. The molecule has 2 heterocycles. The molecular weight excluding hydrogens is 374 g/mol. The predicted molar refractivity (Wildman–Crippen MR) is 119 cm³/mol. The van der Waals surface area contributed by atoms with Crippen molar-refractivity contribution in [3.8, 4) is 0 Å². The zero-order valence-corrected chi connectivity index (χ0v) is 17.0. The molecule has 0 unspecified atom stereocenters. The van der Waals surface area contributed by atoms with Gasteiger partial charge in [-0.1, -0.05) is 48.5 Å². The Morgan fingerprint density at radius 3 is 2.53 bits per heavy atom. The van der Waals surface area contributed by atoms with E-state index in [1.54, 1.807) is 17.3 Å². The van der Waals surface area contributed by atoms with E-state index in [2.05, 4.69) is 32.4 Å². The molecule has 0 saturated carbocycles. The second-order valence-corrected chi connectivity index (χ2v) is 7.14. The zero-order chi connectivity index (χ0) is 20.8. The molecule has 4 rings (SSSR count). The third kappa shape index (κ3) is 4.49. The number of rotatable bonds is 8. The lowest BCUT2D eigenvalue weighted by Crippen LogP contribution is -2.30. The first-order valence-electron chi connectivity index (χ1n) is 10.2. The van der Waals surface area contributed by atoms with Crippen LogP contribution in [0.25, 0.3) is 10.9 Å². The van der Waals surface area contributed by atoms with Gasteiger partial charge in [-0.05, 0) is 30.5 Å². The summed E-state index contributed by atoms with van der Waals surface area (Å²) in [4.78, 5) is 26.5. The second kappa shape index (κ2) is 9.22. The molecule has 0 aliphatic heterocycles. The summed E-state index contributed by atoms with van der Waals surface area (Å²) in [5, 5.41) is 4.47. The predicted octanol–water partition coefficient (Wildman–Crippen LogP) is 4.27. The minimum Gasteiger partial charge on any atom is -0.361 e. The zero-order valence-electron chi connectivity index (χ0n) is 17.0. The number of carbonyl (C=O) groups excluding carboxylic acids is 1. The van der Waals surface area contributed by atoms with Gasteiger partial charge in [-0.2, -0.15) is 0 Å². The normalized spacial score (nSPS) is 10.8. The Hall–Kier alpha value is -3.67. The maximum absolute atomic E-state index is 12.8. The van der Waals surface area contributed by atoms with Gasteiger partial charge in [0.15, 0.2) is 0 Å². The van der Waals surface area contributed by atoms with E-state index in [0.717, 1.165) is 17.5 Å². The van der Waals surface area contributed by atoms with Crippen molar-refractivity contribution in [2.75, 3.05) is 18.4 Å². The number of hydrogen-bond donors (Lipinski definition) is 2. The van der Waals surface area contributed by atoms with Crippen molar-refractivity contribution in [2.24, 2.45) is 0 Å². The van der Waals surface area contributed by atoms with Crippen LogP contribution in [-0.4, -0.2) is 38.8 Å². The van der Waals surface area contributed by atoms with E-state index < -0.39 is 0 Å². The Kier molecular flexibility index (Phi) is 6.03. The molecular formula is C24H25N5O. The van der Waals surface area contributed by atoms with Crippen molar-refractivity contribution in [3.63, 3.8) is 0 Å². The van der Waals surface area contributed by atoms with Gasteiger partial charge < -0.3 is 15.2 Å². The van der Waals surface area contributed by atoms with Crippen molar-refractivity contribution in [2.45, 2.75) is 19.9 Å². The number of carbonyl (C=O) groups is 1. The van der Waals surface area contributed by atoms with Crippen LogP contribution in [0.3, 0.4) is 0 Å². The number of hydrogen-bond acceptors (Lipinski definition) is 4. The SMILES string of the molecule is CCN(Cc1ccccc1)C(=O)c1cnc(NCCc2c[nH]c3ccccc23)nc1. The first kappa shape index (κ1) is 19.6. The number of benzene rings is 2. The van der Waals surface area contributed by atoms with Crippen molar-refractivity contribution >= 4 is 22.8 Å². The van der Waals surface area contributed by atoms with Gasteiger partial charge in [0, 0.05) is 49.1 Å². The molecule has 0 fully saturated rings. The minimum absolute atomic E-state index is 0.0632. The number of amides is 1.